The lowest BCUT2D eigenvalue weighted by atomic mass is 9.96. The Morgan fingerprint density at radius 2 is 2.06 bits per heavy atom. The quantitative estimate of drug-likeness (QED) is 0.861. The number of hydrogen-bond donors (Lipinski definition) is 1. The molecule has 4 nitrogen and oxygen atoms in total. The second kappa shape index (κ2) is 4.44. The van der Waals surface area contributed by atoms with Crippen molar-refractivity contribution in [2.45, 2.75) is 18.8 Å². The lowest BCUT2D eigenvalue weighted by Gasteiger charge is -2.28. The number of likely N-dealkylation sites (tertiary alicyclic amines) is 1. The molecule has 1 saturated heterocycles. The van der Waals surface area contributed by atoms with Crippen LogP contribution in [0.1, 0.15) is 24.6 Å². The SMILES string of the molecule is CN1CCC(c2nc(Cl)c3ccc(O)cn23)CC1. The van der Waals surface area contributed by atoms with Crippen molar-refractivity contribution in [3.8, 4) is 5.75 Å². The minimum absolute atomic E-state index is 0.241. The van der Waals surface area contributed by atoms with Gasteiger partial charge in [-0.2, -0.15) is 0 Å². The first-order valence-corrected chi connectivity index (χ1v) is 6.58. The van der Waals surface area contributed by atoms with E-state index < -0.39 is 0 Å². The summed E-state index contributed by atoms with van der Waals surface area (Å²) in [4.78, 5) is 6.80. The molecule has 3 heterocycles. The Kier molecular flexibility index (Phi) is 2.92. The summed E-state index contributed by atoms with van der Waals surface area (Å²) in [6.45, 7) is 2.16. The Morgan fingerprint density at radius 3 is 2.78 bits per heavy atom. The molecule has 2 aromatic heterocycles. The minimum Gasteiger partial charge on any atom is -0.506 e. The molecule has 18 heavy (non-hydrogen) atoms. The summed E-state index contributed by atoms with van der Waals surface area (Å²) in [5.41, 5.74) is 0.864. The molecule has 0 amide bonds. The van der Waals surface area contributed by atoms with Gasteiger partial charge in [0, 0.05) is 5.92 Å². The Balaban J connectivity index is 2.03. The predicted octanol–water partition coefficient (Wildman–Crippen LogP) is 2.50. The fraction of sp³-hybridized carbons (Fsp3) is 0.462. The molecule has 0 spiro atoms. The number of imidazole rings is 1. The Bertz CT molecular complexity index is 573. The third-order valence-corrected chi connectivity index (χ3v) is 3.97. The van der Waals surface area contributed by atoms with E-state index in [4.69, 9.17) is 11.6 Å². The highest BCUT2D eigenvalue weighted by atomic mass is 35.5. The lowest BCUT2D eigenvalue weighted by Crippen LogP contribution is -2.29. The maximum Gasteiger partial charge on any atom is 0.155 e. The van der Waals surface area contributed by atoms with Crippen LogP contribution in [0.2, 0.25) is 5.15 Å². The molecular formula is C13H16ClN3O. The van der Waals surface area contributed by atoms with Gasteiger partial charge in [0.25, 0.3) is 0 Å². The Labute approximate surface area is 111 Å². The van der Waals surface area contributed by atoms with Crippen LogP contribution in [0.15, 0.2) is 18.3 Å². The first-order chi connectivity index (χ1) is 8.65. The van der Waals surface area contributed by atoms with Crippen LogP contribution in [0.5, 0.6) is 5.75 Å². The van der Waals surface area contributed by atoms with Crippen LogP contribution in [0, 0.1) is 0 Å². The van der Waals surface area contributed by atoms with Crippen molar-refractivity contribution >= 4 is 17.1 Å². The second-order valence-corrected chi connectivity index (χ2v) is 5.34. The van der Waals surface area contributed by atoms with Crippen LogP contribution in [-0.2, 0) is 0 Å². The molecule has 1 aliphatic rings. The van der Waals surface area contributed by atoms with Gasteiger partial charge in [-0.25, -0.2) is 4.98 Å². The average molecular weight is 266 g/mol. The van der Waals surface area contributed by atoms with Crippen molar-refractivity contribution < 1.29 is 5.11 Å². The zero-order chi connectivity index (χ0) is 12.7. The van der Waals surface area contributed by atoms with E-state index >= 15 is 0 Å². The van der Waals surface area contributed by atoms with Crippen molar-refractivity contribution in [3.05, 3.63) is 29.3 Å². The third-order valence-electron chi connectivity index (χ3n) is 3.69. The van der Waals surface area contributed by atoms with Gasteiger partial charge in [-0.1, -0.05) is 11.6 Å². The van der Waals surface area contributed by atoms with Crippen LogP contribution in [0.3, 0.4) is 0 Å². The first-order valence-electron chi connectivity index (χ1n) is 6.20. The van der Waals surface area contributed by atoms with Crippen molar-refractivity contribution in [3.63, 3.8) is 0 Å². The van der Waals surface area contributed by atoms with Gasteiger partial charge < -0.3 is 10.0 Å². The summed E-state index contributed by atoms with van der Waals surface area (Å²) in [6.07, 6.45) is 3.87. The second-order valence-electron chi connectivity index (χ2n) is 4.98. The highest BCUT2D eigenvalue weighted by Crippen LogP contribution is 2.31. The lowest BCUT2D eigenvalue weighted by molar-refractivity contribution is 0.251. The predicted molar refractivity (Wildman–Crippen MR) is 71.3 cm³/mol. The summed E-state index contributed by atoms with van der Waals surface area (Å²) >= 11 is 6.15. The van der Waals surface area contributed by atoms with E-state index in [1.807, 2.05) is 10.5 Å². The molecule has 0 aliphatic carbocycles. The van der Waals surface area contributed by atoms with Gasteiger partial charge >= 0.3 is 0 Å². The van der Waals surface area contributed by atoms with E-state index in [1.54, 1.807) is 12.3 Å². The van der Waals surface area contributed by atoms with Crippen molar-refractivity contribution in [2.75, 3.05) is 20.1 Å². The van der Waals surface area contributed by atoms with Crippen LogP contribution in [0.4, 0.5) is 0 Å². The maximum atomic E-state index is 9.60. The fourth-order valence-corrected chi connectivity index (χ4v) is 2.85. The summed E-state index contributed by atoms with van der Waals surface area (Å²) in [5, 5.41) is 10.1. The molecule has 5 heteroatoms. The molecule has 0 bridgehead atoms. The van der Waals surface area contributed by atoms with Gasteiger partial charge in [-0.05, 0) is 45.1 Å². The third kappa shape index (κ3) is 1.95. The number of aromatic hydroxyl groups is 1. The van der Waals surface area contributed by atoms with E-state index in [1.165, 1.54) is 0 Å². The van der Waals surface area contributed by atoms with E-state index in [0.717, 1.165) is 37.3 Å². The smallest absolute Gasteiger partial charge is 0.155 e. The zero-order valence-electron chi connectivity index (χ0n) is 10.3. The molecule has 3 rings (SSSR count). The van der Waals surface area contributed by atoms with Gasteiger partial charge in [-0.15, -0.1) is 0 Å². The molecule has 0 saturated carbocycles. The zero-order valence-corrected chi connectivity index (χ0v) is 11.1. The highest BCUT2D eigenvalue weighted by molar-refractivity contribution is 6.32. The summed E-state index contributed by atoms with van der Waals surface area (Å²) in [5.74, 6) is 1.63. The molecule has 0 radical (unpaired) electrons. The Hall–Kier alpha value is -1.26. The van der Waals surface area contributed by atoms with Crippen LogP contribution in [-0.4, -0.2) is 39.5 Å². The average Bonchev–Trinajstić information content (AvgIpc) is 2.67. The van der Waals surface area contributed by atoms with Crippen LogP contribution >= 0.6 is 11.6 Å². The number of hydrogen-bond acceptors (Lipinski definition) is 3. The van der Waals surface area contributed by atoms with Crippen LogP contribution in [0.25, 0.3) is 5.52 Å². The fourth-order valence-electron chi connectivity index (χ4n) is 2.61. The first kappa shape index (κ1) is 11.8. The van der Waals surface area contributed by atoms with Gasteiger partial charge in [0.2, 0.25) is 0 Å². The number of piperidine rings is 1. The molecule has 1 N–H and O–H groups in total. The van der Waals surface area contributed by atoms with Gasteiger partial charge in [0.15, 0.2) is 5.15 Å². The molecule has 0 aromatic carbocycles. The van der Waals surface area contributed by atoms with Crippen molar-refractivity contribution in [2.24, 2.45) is 0 Å². The largest absolute Gasteiger partial charge is 0.506 e. The van der Waals surface area contributed by atoms with Gasteiger partial charge in [-0.3, -0.25) is 4.40 Å². The topological polar surface area (TPSA) is 40.8 Å². The highest BCUT2D eigenvalue weighted by Gasteiger charge is 2.23. The molecule has 2 aromatic rings. The normalized spacial score (nSPS) is 18.6. The number of fused-ring (bicyclic) bond motifs is 1. The number of nitrogens with zero attached hydrogens (tertiary/aromatic N) is 3. The molecule has 96 valence electrons. The van der Waals surface area contributed by atoms with E-state index in [-0.39, 0.29) is 5.75 Å². The van der Waals surface area contributed by atoms with E-state index in [0.29, 0.717) is 11.1 Å². The van der Waals surface area contributed by atoms with Crippen LogP contribution < -0.4 is 0 Å². The molecule has 0 unspecified atom stereocenters. The maximum absolute atomic E-state index is 9.60. The monoisotopic (exact) mass is 265 g/mol. The van der Waals surface area contributed by atoms with Gasteiger partial charge in [0.05, 0.1) is 11.7 Å². The standard InChI is InChI=1S/C13H16ClN3O/c1-16-6-4-9(5-7-16)13-15-12(14)11-3-2-10(18)8-17(11)13/h2-3,8-9,18H,4-7H2,1H3. The van der Waals surface area contributed by atoms with Crippen molar-refractivity contribution in [1.29, 1.82) is 0 Å². The molecule has 1 aliphatic heterocycles. The molecule has 0 atom stereocenters. The number of halogens is 1. The van der Waals surface area contributed by atoms with Crippen molar-refractivity contribution in [1.82, 2.24) is 14.3 Å². The van der Waals surface area contributed by atoms with E-state index in [2.05, 4.69) is 16.9 Å². The Morgan fingerprint density at radius 1 is 1.33 bits per heavy atom. The molecular weight excluding hydrogens is 250 g/mol. The molecule has 1 fully saturated rings. The number of aromatic nitrogens is 2. The summed E-state index contributed by atoms with van der Waals surface area (Å²) < 4.78 is 1.92. The minimum atomic E-state index is 0.241. The summed E-state index contributed by atoms with van der Waals surface area (Å²) in [7, 11) is 2.14. The summed E-state index contributed by atoms with van der Waals surface area (Å²) in [6, 6.07) is 3.45. The van der Waals surface area contributed by atoms with Gasteiger partial charge in [0.1, 0.15) is 11.6 Å². The number of rotatable bonds is 1. The van der Waals surface area contributed by atoms with E-state index in [9.17, 15) is 5.11 Å². The number of pyridine rings is 1.